The molecule has 3 aliphatic carbocycles. The highest BCUT2D eigenvalue weighted by molar-refractivity contribution is 5.23. The van der Waals surface area contributed by atoms with Crippen molar-refractivity contribution < 1.29 is 14.3 Å². The van der Waals surface area contributed by atoms with E-state index in [1.54, 1.807) is 6.26 Å². The summed E-state index contributed by atoms with van der Waals surface area (Å²) in [4.78, 5) is 0. The molecule has 2 N–H and O–H groups in total. The quantitative estimate of drug-likeness (QED) is 0.725. The van der Waals surface area contributed by atoms with Gasteiger partial charge in [0.05, 0.1) is 32.1 Å². The van der Waals surface area contributed by atoms with Crippen LogP contribution in [0.1, 0.15) is 32.4 Å². The molecule has 0 aliphatic heterocycles. The summed E-state index contributed by atoms with van der Waals surface area (Å²) in [6.45, 7) is 6.91. The molecule has 22 heavy (non-hydrogen) atoms. The summed E-state index contributed by atoms with van der Waals surface area (Å²) in [6, 6.07) is 3.78. The first-order valence-corrected chi connectivity index (χ1v) is 8.25. The highest BCUT2D eigenvalue weighted by atomic mass is 16.5. The Kier molecular flexibility index (Phi) is 4.71. The van der Waals surface area contributed by atoms with Crippen molar-refractivity contribution in [3.05, 3.63) is 35.8 Å². The van der Waals surface area contributed by atoms with Crippen molar-refractivity contribution in [1.29, 1.82) is 0 Å². The Balaban J connectivity index is 1.32. The van der Waals surface area contributed by atoms with E-state index in [0.29, 0.717) is 37.6 Å². The highest BCUT2D eigenvalue weighted by Crippen LogP contribution is 2.59. The van der Waals surface area contributed by atoms with Gasteiger partial charge in [-0.15, -0.1) is 0 Å². The van der Waals surface area contributed by atoms with Crippen LogP contribution < -0.4 is 5.32 Å². The number of rotatable bonds is 8. The van der Waals surface area contributed by atoms with E-state index in [0.717, 1.165) is 11.7 Å². The maximum Gasteiger partial charge on any atom is 0.117 e. The average Bonchev–Trinajstić information content (AvgIpc) is 3.00. The van der Waals surface area contributed by atoms with E-state index in [4.69, 9.17) is 9.15 Å². The molecule has 1 aromatic heterocycles. The van der Waals surface area contributed by atoms with Gasteiger partial charge in [-0.3, -0.25) is 0 Å². The third-order valence-corrected chi connectivity index (χ3v) is 5.42. The van der Waals surface area contributed by atoms with Crippen LogP contribution in [0.3, 0.4) is 0 Å². The molecule has 0 radical (unpaired) electrons. The highest BCUT2D eigenvalue weighted by Gasteiger charge is 2.50. The third-order valence-electron chi connectivity index (χ3n) is 5.42. The van der Waals surface area contributed by atoms with Gasteiger partial charge < -0.3 is 19.6 Å². The van der Waals surface area contributed by atoms with Crippen LogP contribution in [-0.2, 0) is 11.3 Å². The first kappa shape index (κ1) is 15.8. The molecule has 4 heteroatoms. The first-order valence-electron chi connectivity index (χ1n) is 8.25. The molecular weight excluding hydrogens is 278 g/mol. The van der Waals surface area contributed by atoms with Crippen molar-refractivity contribution >= 4 is 0 Å². The SMILES string of the molecule is CC1(C)[C@H]2CC=C(COC[C@@H](O)CNCc3ccco3)[C@H]1C2. The molecule has 4 rings (SSSR count). The normalized spacial score (nSPS) is 27.1. The van der Waals surface area contributed by atoms with Crippen LogP contribution in [-0.4, -0.2) is 31.0 Å². The van der Waals surface area contributed by atoms with Gasteiger partial charge in [0.1, 0.15) is 5.76 Å². The Bertz CT molecular complexity index is 506. The summed E-state index contributed by atoms with van der Waals surface area (Å²) in [6.07, 6.45) is 6.03. The largest absolute Gasteiger partial charge is 0.468 e. The molecule has 1 aromatic rings. The lowest BCUT2D eigenvalue weighted by molar-refractivity contribution is -0.0235. The molecule has 1 heterocycles. The smallest absolute Gasteiger partial charge is 0.117 e. The van der Waals surface area contributed by atoms with Crippen LogP contribution in [0.2, 0.25) is 0 Å². The van der Waals surface area contributed by atoms with Gasteiger partial charge in [-0.2, -0.15) is 0 Å². The zero-order valence-electron chi connectivity index (χ0n) is 13.5. The van der Waals surface area contributed by atoms with Crippen molar-refractivity contribution in [2.24, 2.45) is 17.3 Å². The van der Waals surface area contributed by atoms with E-state index in [2.05, 4.69) is 25.2 Å². The summed E-state index contributed by atoms with van der Waals surface area (Å²) in [5, 5.41) is 13.1. The van der Waals surface area contributed by atoms with E-state index < -0.39 is 6.10 Å². The molecule has 3 aliphatic rings. The fourth-order valence-electron chi connectivity index (χ4n) is 3.79. The molecule has 0 saturated heterocycles. The molecule has 1 fully saturated rings. The molecule has 4 nitrogen and oxygen atoms in total. The fourth-order valence-corrected chi connectivity index (χ4v) is 3.79. The molecular formula is C18H27NO3. The Morgan fingerprint density at radius 2 is 2.36 bits per heavy atom. The van der Waals surface area contributed by atoms with Gasteiger partial charge in [-0.25, -0.2) is 0 Å². The first-order chi connectivity index (χ1) is 10.6. The lowest BCUT2D eigenvalue weighted by atomic mass is 9.49. The molecule has 122 valence electrons. The molecule has 3 atom stereocenters. The number of nitrogens with one attached hydrogen (secondary N) is 1. The van der Waals surface area contributed by atoms with Gasteiger partial charge in [0.25, 0.3) is 0 Å². The average molecular weight is 305 g/mol. The predicted molar refractivity (Wildman–Crippen MR) is 85.3 cm³/mol. The number of hydrogen-bond acceptors (Lipinski definition) is 4. The second-order valence-corrected chi connectivity index (χ2v) is 7.20. The monoisotopic (exact) mass is 305 g/mol. The van der Waals surface area contributed by atoms with Crippen molar-refractivity contribution in [3.63, 3.8) is 0 Å². The Morgan fingerprint density at radius 3 is 3.05 bits per heavy atom. The van der Waals surface area contributed by atoms with E-state index in [-0.39, 0.29) is 0 Å². The van der Waals surface area contributed by atoms with Crippen molar-refractivity contribution in [1.82, 2.24) is 5.32 Å². The molecule has 0 unspecified atom stereocenters. The minimum atomic E-state index is -0.485. The van der Waals surface area contributed by atoms with Crippen molar-refractivity contribution in [3.8, 4) is 0 Å². The number of aliphatic hydroxyl groups is 1. The summed E-state index contributed by atoms with van der Waals surface area (Å²) >= 11 is 0. The number of furan rings is 1. The Hall–Kier alpha value is -1.10. The number of aliphatic hydroxyl groups excluding tert-OH is 1. The Morgan fingerprint density at radius 1 is 1.50 bits per heavy atom. The molecule has 2 bridgehead atoms. The third kappa shape index (κ3) is 3.29. The topological polar surface area (TPSA) is 54.6 Å². The van der Waals surface area contributed by atoms with Crippen LogP contribution in [0.25, 0.3) is 0 Å². The van der Waals surface area contributed by atoms with Gasteiger partial charge in [0, 0.05) is 6.54 Å². The maximum absolute atomic E-state index is 9.95. The minimum absolute atomic E-state index is 0.374. The van der Waals surface area contributed by atoms with E-state index >= 15 is 0 Å². The van der Waals surface area contributed by atoms with Gasteiger partial charge >= 0.3 is 0 Å². The van der Waals surface area contributed by atoms with Gasteiger partial charge in [0.2, 0.25) is 0 Å². The van der Waals surface area contributed by atoms with Crippen molar-refractivity contribution in [2.75, 3.05) is 19.8 Å². The van der Waals surface area contributed by atoms with Gasteiger partial charge in [-0.1, -0.05) is 19.9 Å². The van der Waals surface area contributed by atoms with Crippen LogP contribution in [0.5, 0.6) is 0 Å². The van der Waals surface area contributed by atoms with Crippen LogP contribution in [0, 0.1) is 17.3 Å². The van der Waals surface area contributed by atoms with Gasteiger partial charge in [-0.05, 0) is 47.8 Å². The van der Waals surface area contributed by atoms with Crippen molar-refractivity contribution in [2.45, 2.75) is 39.3 Å². The fraction of sp³-hybridized carbons (Fsp3) is 0.667. The number of hydrogen-bond donors (Lipinski definition) is 2. The summed E-state index contributed by atoms with van der Waals surface area (Å²) in [5.74, 6) is 2.42. The molecule has 0 amide bonds. The lowest BCUT2D eigenvalue weighted by Gasteiger charge is -2.56. The van der Waals surface area contributed by atoms with Crippen LogP contribution in [0.15, 0.2) is 34.5 Å². The second kappa shape index (κ2) is 6.57. The molecule has 0 aromatic carbocycles. The van der Waals surface area contributed by atoms with E-state index in [9.17, 15) is 5.11 Å². The predicted octanol–water partition coefficient (Wildman–Crippen LogP) is 2.74. The number of ether oxygens (including phenoxy) is 1. The number of fused-ring (bicyclic) bond motifs is 1. The summed E-state index contributed by atoms with van der Waals surface area (Å²) in [5.41, 5.74) is 1.87. The lowest BCUT2D eigenvalue weighted by Crippen LogP contribution is -2.48. The Labute approximate surface area is 132 Å². The van der Waals surface area contributed by atoms with Gasteiger partial charge in [0.15, 0.2) is 0 Å². The molecule has 0 spiro atoms. The standard InChI is InChI=1S/C18H27NO3/c1-18(2)14-6-5-13(17(18)8-14)11-21-12-15(20)9-19-10-16-4-3-7-22-16/h3-5,7,14-15,17,19-20H,6,8-12H2,1-2H3/t14-,15-,17+/m0/s1. The molecule has 1 saturated carbocycles. The minimum Gasteiger partial charge on any atom is -0.468 e. The maximum atomic E-state index is 9.95. The summed E-state index contributed by atoms with van der Waals surface area (Å²) < 4.78 is 11.0. The number of allylic oxidation sites excluding steroid dienone is 1. The zero-order valence-corrected chi connectivity index (χ0v) is 13.5. The second-order valence-electron chi connectivity index (χ2n) is 7.20. The van der Waals surface area contributed by atoms with E-state index in [1.165, 1.54) is 18.4 Å². The zero-order chi connectivity index (χ0) is 15.6. The summed E-state index contributed by atoms with van der Waals surface area (Å²) in [7, 11) is 0. The van der Waals surface area contributed by atoms with E-state index in [1.807, 2.05) is 12.1 Å². The van der Waals surface area contributed by atoms with Crippen LogP contribution >= 0.6 is 0 Å². The van der Waals surface area contributed by atoms with Crippen LogP contribution in [0.4, 0.5) is 0 Å².